The number of aliphatic hydroxyl groups excluding tert-OH is 1. The third-order valence-corrected chi connectivity index (χ3v) is 4.90. The molecule has 1 fully saturated rings. The minimum Gasteiger partial charge on any atom is -0.396 e. The van der Waals surface area contributed by atoms with Crippen LogP contribution in [-0.4, -0.2) is 58.7 Å². The van der Waals surface area contributed by atoms with Crippen molar-refractivity contribution in [3.8, 4) is 0 Å². The molecule has 2 aromatic rings. The van der Waals surface area contributed by atoms with Crippen LogP contribution in [0.4, 0.5) is 0 Å². The van der Waals surface area contributed by atoms with Crippen LogP contribution in [0.2, 0.25) is 0 Å². The van der Waals surface area contributed by atoms with Crippen LogP contribution in [-0.2, 0) is 6.54 Å². The molecule has 1 aromatic heterocycles. The molecule has 1 aliphatic heterocycles. The first-order valence-electron chi connectivity index (χ1n) is 9.35. The molecule has 2 heterocycles. The van der Waals surface area contributed by atoms with Gasteiger partial charge in [0.1, 0.15) is 0 Å². The van der Waals surface area contributed by atoms with E-state index in [2.05, 4.69) is 59.8 Å². The minimum atomic E-state index is 0.265. The number of hydrogen-bond acceptors (Lipinski definition) is 4. The largest absolute Gasteiger partial charge is 0.396 e. The summed E-state index contributed by atoms with van der Waals surface area (Å²) in [6.07, 6.45) is 2.70. The van der Waals surface area contributed by atoms with Crippen molar-refractivity contribution in [2.24, 2.45) is 5.41 Å². The van der Waals surface area contributed by atoms with Crippen molar-refractivity contribution in [2.45, 2.75) is 39.8 Å². The molecular weight excluding hydrogens is 310 g/mol. The van der Waals surface area contributed by atoms with Crippen molar-refractivity contribution < 1.29 is 5.11 Å². The summed E-state index contributed by atoms with van der Waals surface area (Å²) in [6, 6.07) is 11.1. The number of pyridine rings is 1. The van der Waals surface area contributed by atoms with Crippen LogP contribution in [0.15, 0.2) is 36.5 Å². The summed E-state index contributed by atoms with van der Waals surface area (Å²) in [7, 11) is 0. The number of piperazine rings is 1. The number of nitrogens with zero attached hydrogens (tertiary/aromatic N) is 3. The molecule has 1 saturated heterocycles. The summed E-state index contributed by atoms with van der Waals surface area (Å²) < 4.78 is 0. The first kappa shape index (κ1) is 18.3. The van der Waals surface area contributed by atoms with E-state index in [1.807, 2.05) is 12.3 Å². The zero-order chi connectivity index (χ0) is 17.9. The second-order valence-corrected chi connectivity index (χ2v) is 8.46. The Labute approximate surface area is 151 Å². The van der Waals surface area contributed by atoms with Gasteiger partial charge >= 0.3 is 0 Å². The molecular formula is C21H31N3O. The predicted molar refractivity (Wildman–Crippen MR) is 104 cm³/mol. The van der Waals surface area contributed by atoms with Crippen LogP contribution in [0.5, 0.6) is 0 Å². The molecule has 0 saturated carbocycles. The number of hydrogen-bond donors (Lipinski definition) is 1. The molecule has 4 heteroatoms. The molecule has 0 spiro atoms. The summed E-state index contributed by atoms with van der Waals surface area (Å²) in [5.74, 6) is 0. The third-order valence-electron chi connectivity index (χ3n) is 4.90. The molecule has 0 amide bonds. The maximum Gasteiger partial charge on any atom is 0.0702 e. The fourth-order valence-corrected chi connectivity index (χ4v) is 3.82. The topological polar surface area (TPSA) is 39.6 Å². The molecule has 25 heavy (non-hydrogen) atoms. The number of aliphatic hydroxyl groups is 1. The predicted octanol–water partition coefficient (Wildman–Crippen LogP) is 3.15. The highest BCUT2D eigenvalue weighted by molar-refractivity contribution is 5.78. The van der Waals surface area contributed by atoms with Crippen LogP contribution in [0, 0.1) is 5.41 Å². The summed E-state index contributed by atoms with van der Waals surface area (Å²) in [6.45, 7) is 12.4. The molecule has 1 N–H and O–H groups in total. The molecule has 1 atom stereocenters. The Bertz CT molecular complexity index is 695. The average Bonchev–Trinajstić information content (AvgIpc) is 2.56. The van der Waals surface area contributed by atoms with E-state index in [1.54, 1.807) is 0 Å². The highest BCUT2D eigenvalue weighted by Gasteiger charge is 2.29. The highest BCUT2D eigenvalue weighted by atomic mass is 16.3. The summed E-state index contributed by atoms with van der Waals surface area (Å²) in [5, 5.41) is 10.7. The number of rotatable bonds is 5. The van der Waals surface area contributed by atoms with E-state index >= 15 is 0 Å². The molecule has 1 aromatic carbocycles. The molecule has 3 rings (SSSR count). The zero-order valence-electron chi connectivity index (χ0n) is 15.8. The van der Waals surface area contributed by atoms with Crippen molar-refractivity contribution in [1.29, 1.82) is 0 Å². The molecule has 1 aliphatic rings. The lowest BCUT2D eigenvalue weighted by Crippen LogP contribution is -2.54. The van der Waals surface area contributed by atoms with Gasteiger partial charge in [-0.1, -0.05) is 32.9 Å². The quantitative estimate of drug-likeness (QED) is 0.907. The maximum atomic E-state index is 9.48. The van der Waals surface area contributed by atoms with Gasteiger partial charge in [0.05, 0.1) is 5.52 Å². The van der Waals surface area contributed by atoms with Crippen LogP contribution in [0.25, 0.3) is 10.9 Å². The van der Waals surface area contributed by atoms with Crippen molar-refractivity contribution in [2.75, 3.05) is 32.8 Å². The number of benzene rings is 1. The SMILES string of the molecule is CC(C)(C)CN1CCN(Cc2ccc3ncccc3c2)C[C@H]1CCO. The van der Waals surface area contributed by atoms with E-state index in [1.165, 1.54) is 10.9 Å². The van der Waals surface area contributed by atoms with Crippen LogP contribution in [0.3, 0.4) is 0 Å². The van der Waals surface area contributed by atoms with E-state index in [0.717, 1.165) is 44.7 Å². The lowest BCUT2D eigenvalue weighted by Gasteiger charge is -2.44. The van der Waals surface area contributed by atoms with Crippen LogP contribution >= 0.6 is 0 Å². The minimum absolute atomic E-state index is 0.265. The summed E-state index contributed by atoms with van der Waals surface area (Å²) >= 11 is 0. The van der Waals surface area contributed by atoms with E-state index in [0.29, 0.717) is 11.5 Å². The number of fused-ring (bicyclic) bond motifs is 1. The van der Waals surface area contributed by atoms with Gasteiger partial charge in [0, 0.05) is 57.0 Å². The van der Waals surface area contributed by atoms with Crippen molar-refractivity contribution in [3.63, 3.8) is 0 Å². The second-order valence-electron chi connectivity index (χ2n) is 8.46. The Balaban J connectivity index is 1.66. The van der Waals surface area contributed by atoms with Crippen LogP contribution in [0.1, 0.15) is 32.8 Å². The monoisotopic (exact) mass is 341 g/mol. The number of aromatic nitrogens is 1. The Morgan fingerprint density at radius 3 is 2.80 bits per heavy atom. The van der Waals surface area contributed by atoms with Gasteiger partial charge in [-0.15, -0.1) is 0 Å². The van der Waals surface area contributed by atoms with Crippen molar-refractivity contribution in [1.82, 2.24) is 14.8 Å². The van der Waals surface area contributed by atoms with E-state index in [9.17, 15) is 5.11 Å². The smallest absolute Gasteiger partial charge is 0.0702 e. The fourth-order valence-electron chi connectivity index (χ4n) is 3.82. The van der Waals surface area contributed by atoms with E-state index in [-0.39, 0.29) is 6.61 Å². The molecule has 0 aliphatic carbocycles. The Morgan fingerprint density at radius 1 is 1.20 bits per heavy atom. The zero-order valence-corrected chi connectivity index (χ0v) is 15.8. The molecule has 136 valence electrons. The van der Waals surface area contributed by atoms with E-state index < -0.39 is 0 Å². The molecule has 0 radical (unpaired) electrons. The fraction of sp³-hybridized carbons (Fsp3) is 0.571. The van der Waals surface area contributed by atoms with Gasteiger partial charge < -0.3 is 5.11 Å². The Hall–Kier alpha value is -1.49. The summed E-state index contributed by atoms with van der Waals surface area (Å²) in [4.78, 5) is 9.49. The van der Waals surface area contributed by atoms with Gasteiger partial charge in [0.15, 0.2) is 0 Å². The maximum absolute atomic E-state index is 9.48. The van der Waals surface area contributed by atoms with Crippen LogP contribution < -0.4 is 0 Å². The Morgan fingerprint density at radius 2 is 2.04 bits per heavy atom. The molecule has 0 bridgehead atoms. The molecule has 0 unspecified atom stereocenters. The molecule has 4 nitrogen and oxygen atoms in total. The lowest BCUT2D eigenvalue weighted by molar-refractivity contribution is 0.0340. The Kier molecular flexibility index (Phi) is 5.72. The van der Waals surface area contributed by atoms with Gasteiger partial charge in [-0.25, -0.2) is 0 Å². The normalized spacial score (nSPS) is 20.2. The van der Waals surface area contributed by atoms with Gasteiger partial charge in [-0.05, 0) is 35.6 Å². The van der Waals surface area contributed by atoms with Crippen molar-refractivity contribution in [3.05, 3.63) is 42.1 Å². The van der Waals surface area contributed by atoms with Crippen molar-refractivity contribution >= 4 is 10.9 Å². The first-order valence-corrected chi connectivity index (χ1v) is 9.35. The highest BCUT2D eigenvalue weighted by Crippen LogP contribution is 2.22. The second kappa shape index (κ2) is 7.81. The van der Waals surface area contributed by atoms with E-state index in [4.69, 9.17) is 0 Å². The average molecular weight is 341 g/mol. The third kappa shape index (κ3) is 5.00. The first-order chi connectivity index (χ1) is 11.9. The standard InChI is InChI=1S/C21H31N3O/c1-21(2,3)16-24-11-10-23(15-19(24)8-12-25)14-17-6-7-20-18(13-17)5-4-9-22-20/h4-7,9,13,19,25H,8,10-12,14-16H2,1-3H3/t19-/m1/s1. The summed E-state index contributed by atoms with van der Waals surface area (Å²) in [5.41, 5.74) is 2.69. The van der Waals surface area contributed by atoms with Gasteiger partial charge in [0.2, 0.25) is 0 Å². The van der Waals surface area contributed by atoms with Gasteiger partial charge in [-0.2, -0.15) is 0 Å². The van der Waals surface area contributed by atoms with Gasteiger partial charge in [-0.3, -0.25) is 14.8 Å². The lowest BCUT2D eigenvalue weighted by atomic mass is 9.94. The van der Waals surface area contributed by atoms with Gasteiger partial charge in [0.25, 0.3) is 0 Å².